The summed E-state index contributed by atoms with van der Waals surface area (Å²) in [6, 6.07) is 5.42. The van der Waals surface area contributed by atoms with Gasteiger partial charge in [-0.15, -0.1) is 0 Å². The molecule has 1 heterocycles. The zero-order valence-electron chi connectivity index (χ0n) is 12.4. The predicted octanol–water partition coefficient (Wildman–Crippen LogP) is 2.38. The van der Waals surface area contributed by atoms with Crippen LogP contribution in [0.3, 0.4) is 0 Å². The number of rotatable bonds is 5. The quantitative estimate of drug-likeness (QED) is 0.868. The van der Waals surface area contributed by atoms with Crippen molar-refractivity contribution < 1.29 is 14.3 Å². The summed E-state index contributed by atoms with van der Waals surface area (Å²) in [6.45, 7) is 8.42. The molecule has 2 N–H and O–H groups in total. The third-order valence-corrected chi connectivity index (χ3v) is 3.55. The Morgan fingerprint density at radius 3 is 2.55 bits per heavy atom. The molecule has 0 aromatic heterocycles. The van der Waals surface area contributed by atoms with Gasteiger partial charge in [0.15, 0.2) is 11.5 Å². The minimum Gasteiger partial charge on any atom is -0.454 e. The summed E-state index contributed by atoms with van der Waals surface area (Å²) in [5.41, 5.74) is 0.713. The first-order valence-electron chi connectivity index (χ1n) is 6.94. The molecule has 0 fully saturated rings. The zero-order chi connectivity index (χ0) is 14.7. The Morgan fingerprint density at radius 1 is 1.15 bits per heavy atom. The number of amides is 1. The van der Waals surface area contributed by atoms with Crippen LogP contribution in [-0.2, 0) is 4.79 Å². The Hall–Kier alpha value is -1.75. The van der Waals surface area contributed by atoms with Crippen molar-refractivity contribution in [3.63, 3.8) is 0 Å². The molecule has 0 unspecified atom stereocenters. The van der Waals surface area contributed by atoms with Crippen molar-refractivity contribution in [2.24, 2.45) is 5.92 Å². The van der Waals surface area contributed by atoms with E-state index in [1.807, 2.05) is 13.0 Å². The predicted molar refractivity (Wildman–Crippen MR) is 78.1 cm³/mol. The fraction of sp³-hybridized carbons (Fsp3) is 0.533. The SMILES string of the molecule is CC(C)[C@@H](C)N[C@H](C)C(=O)Nc1ccc2c(c1)OCO2. The Morgan fingerprint density at radius 2 is 1.85 bits per heavy atom. The van der Waals surface area contributed by atoms with Crippen molar-refractivity contribution in [1.29, 1.82) is 0 Å². The maximum absolute atomic E-state index is 12.1. The number of ether oxygens (including phenoxy) is 2. The molecule has 0 saturated carbocycles. The van der Waals surface area contributed by atoms with E-state index in [1.165, 1.54) is 0 Å². The van der Waals surface area contributed by atoms with Crippen molar-refractivity contribution >= 4 is 11.6 Å². The molecule has 1 aliphatic rings. The van der Waals surface area contributed by atoms with Crippen molar-refractivity contribution in [1.82, 2.24) is 5.32 Å². The van der Waals surface area contributed by atoms with Crippen LogP contribution >= 0.6 is 0 Å². The molecule has 110 valence electrons. The number of hydrogen-bond acceptors (Lipinski definition) is 4. The van der Waals surface area contributed by atoms with Crippen LogP contribution < -0.4 is 20.1 Å². The standard InChI is InChI=1S/C15H22N2O3/c1-9(2)10(3)16-11(4)15(18)17-12-5-6-13-14(7-12)20-8-19-13/h5-7,9-11,16H,8H2,1-4H3,(H,17,18)/t10-,11-/m1/s1. The summed E-state index contributed by atoms with van der Waals surface area (Å²) >= 11 is 0. The average molecular weight is 278 g/mol. The first-order valence-corrected chi connectivity index (χ1v) is 6.94. The summed E-state index contributed by atoms with van der Waals surface area (Å²) in [5, 5.41) is 6.16. The van der Waals surface area contributed by atoms with Gasteiger partial charge in [0, 0.05) is 17.8 Å². The van der Waals surface area contributed by atoms with E-state index < -0.39 is 0 Å². The summed E-state index contributed by atoms with van der Waals surface area (Å²) < 4.78 is 10.5. The Kier molecular flexibility index (Phi) is 4.49. The molecule has 2 rings (SSSR count). The van der Waals surface area contributed by atoms with Gasteiger partial charge in [-0.2, -0.15) is 0 Å². The molecular weight excluding hydrogens is 256 g/mol. The fourth-order valence-corrected chi connectivity index (χ4v) is 1.89. The Balaban J connectivity index is 1.94. The Labute approximate surface area is 119 Å². The average Bonchev–Trinajstić information content (AvgIpc) is 2.85. The van der Waals surface area contributed by atoms with Crippen LogP contribution in [0.1, 0.15) is 27.7 Å². The van der Waals surface area contributed by atoms with Gasteiger partial charge in [0.1, 0.15) is 0 Å². The van der Waals surface area contributed by atoms with Crippen molar-refractivity contribution in [2.75, 3.05) is 12.1 Å². The molecule has 0 radical (unpaired) electrons. The lowest BCUT2D eigenvalue weighted by atomic mass is 10.1. The molecule has 0 bridgehead atoms. The van der Waals surface area contributed by atoms with Crippen LogP contribution in [0.2, 0.25) is 0 Å². The molecule has 20 heavy (non-hydrogen) atoms. The summed E-state index contributed by atoms with van der Waals surface area (Å²) in [5.74, 6) is 1.80. The van der Waals surface area contributed by atoms with Gasteiger partial charge in [-0.1, -0.05) is 13.8 Å². The van der Waals surface area contributed by atoms with E-state index >= 15 is 0 Å². The second kappa shape index (κ2) is 6.13. The number of benzene rings is 1. The molecule has 1 amide bonds. The van der Waals surface area contributed by atoms with Crippen LogP contribution in [0.25, 0.3) is 0 Å². The van der Waals surface area contributed by atoms with Crippen LogP contribution in [0, 0.1) is 5.92 Å². The third kappa shape index (κ3) is 3.42. The van der Waals surface area contributed by atoms with Crippen molar-refractivity contribution in [3.8, 4) is 11.5 Å². The number of carbonyl (C=O) groups excluding carboxylic acids is 1. The molecule has 1 aliphatic heterocycles. The highest BCUT2D eigenvalue weighted by Gasteiger charge is 2.18. The van der Waals surface area contributed by atoms with E-state index in [4.69, 9.17) is 9.47 Å². The lowest BCUT2D eigenvalue weighted by Crippen LogP contribution is -2.44. The highest BCUT2D eigenvalue weighted by Crippen LogP contribution is 2.34. The fourth-order valence-electron chi connectivity index (χ4n) is 1.89. The van der Waals surface area contributed by atoms with E-state index in [1.54, 1.807) is 12.1 Å². The van der Waals surface area contributed by atoms with Crippen LogP contribution in [0.5, 0.6) is 11.5 Å². The lowest BCUT2D eigenvalue weighted by molar-refractivity contribution is -0.118. The molecular formula is C15H22N2O3. The first-order chi connectivity index (χ1) is 9.47. The van der Waals surface area contributed by atoms with Crippen molar-refractivity contribution in [3.05, 3.63) is 18.2 Å². The van der Waals surface area contributed by atoms with Crippen molar-refractivity contribution in [2.45, 2.75) is 39.8 Å². The number of hydrogen-bond donors (Lipinski definition) is 2. The second-order valence-corrected chi connectivity index (χ2v) is 5.48. The molecule has 0 spiro atoms. The molecule has 5 nitrogen and oxygen atoms in total. The van der Waals surface area contributed by atoms with E-state index in [2.05, 4.69) is 31.4 Å². The smallest absolute Gasteiger partial charge is 0.241 e. The van der Waals surface area contributed by atoms with Gasteiger partial charge in [0.05, 0.1) is 6.04 Å². The summed E-state index contributed by atoms with van der Waals surface area (Å²) in [6.07, 6.45) is 0. The minimum atomic E-state index is -0.252. The van der Waals surface area contributed by atoms with Gasteiger partial charge in [-0.05, 0) is 31.9 Å². The molecule has 0 saturated heterocycles. The topological polar surface area (TPSA) is 59.6 Å². The summed E-state index contributed by atoms with van der Waals surface area (Å²) in [4.78, 5) is 12.1. The molecule has 5 heteroatoms. The van der Waals surface area contributed by atoms with E-state index in [0.717, 1.165) is 0 Å². The number of fused-ring (bicyclic) bond motifs is 1. The van der Waals surface area contributed by atoms with Crippen LogP contribution in [0.15, 0.2) is 18.2 Å². The zero-order valence-corrected chi connectivity index (χ0v) is 12.4. The summed E-state index contributed by atoms with van der Waals surface area (Å²) in [7, 11) is 0. The van der Waals surface area contributed by atoms with Gasteiger partial charge >= 0.3 is 0 Å². The van der Waals surface area contributed by atoms with Gasteiger partial charge in [-0.3, -0.25) is 4.79 Å². The molecule has 1 aromatic carbocycles. The first kappa shape index (κ1) is 14.7. The molecule has 1 aromatic rings. The van der Waals surface area contributed by atoms with E-state index in [9.17, 15) is 4.79 Å². The largest absolute Gasteiger partial charge is 0.454 e. The van der Waals surface area contributed by atoms with Gasteiger partial charge < -0.3 is 20.1 Å². The lowest BCUT2D eigenvalue weighted by Gasteiger charge is -2.22. The monoisotopic (exact) mass is 278 g/mol. The van der Waals surface area contributed by atoms with E-state index in [0.29, 0.717) is 23.1 Å². The maximum Gasteiger partial charge on any atom is 0.241 e. The maximum atomic E-state index is 12.1. The molecule has 2 atom stereocenters. The number of nitrogens with one attached hydrogen (secondary N) is 2. The number of anilines is 1. The van der Waals surface area contributed by atoms with Crippen LogP contribution in [-0.4, -0.2) is 24.8 Å². The second-order valence-electron chi connectivity index (χ2n) is 5.48. The third-order valence-electron chi connectivity index (χ3n) is 3.55. The highest BCUT2D eigenvalue weighted by atomic mass is 16.7. The normalized spacial score (nSPS) is 16.1. The Bertz CT molecular complexity index is 488. The number of carbonyl (C=O) groups is 1. The van der Waals surface area contributed by atoms with Crippen LogP contribution in [0.4, 0.5) is 5.69 Å². The molecule has 0 aliphatic carbocycles. The van der Waals surface area contributed by atoms with E-state index in [-0.39, 0.29) is 24.8 Å². The highest BCUT2D eigenvalue weighted by molar-refractivity contribution is 5.94. The van der Waals surface area contributed by atoms with Gasteiger partial charge in [-0.25, -0.2) is 0 Å². The van der Waals surface area contributed by atoms with Gasteiger partial charge in [0.25, 0.3) is 0 Å². The van der Waals surface area contributed by atoms with Gasteiger partial charge in [0.2, 0.25) is 12.7 Å². The minimum absolute atomic E-state index is 0.0589.